The van der Waals surface area contributed by atoms with Gasteiger partial charge >= 0.3 is 0 Å². The second kappa shape index (κ2) is 16.7. The Kier molecular flexibility index (Phi) is 10.8. The third-order valence-corrected chi connectivity index (χ3v) is 11.9. The monoisotopic (exact) mass is 803 g/mol. The van der Waals surface area contributed by atoms with Gasteiger partial charge in [0.25, 0.3) is 0 Å². The largest absolute Gasteiger partial charge is 0.455 e. The Hall–Kier alpha value is -6.78. The highest BCUT2D eigenvalue weighted by molar-refractivity contribution is 6.70. The molecule has 2 aromatic heterocycles. The molecule has 0 aliphatic rings. The molecule has 20 radical (unpaired) electrons. The molecule has 0 fully saturated rings. The summed E-state index contributed by atoms with van der Waals surface area (Å²) in [4.78, 5) is 15.1. The van der Waals surface area contributed by atoms with Crippen LogP contribution in [0, 0.1) is 0 Å². The summed E-state index contributed by atoms with van der Waals surface area (Å²) in [6.45, 7) is 0. The first-order chi connectivity index (χ1) is 31.4. The quantitative estimate of drug-likeness (QED) is 0.229. The molecule has 0 unspecified atom stereocenters. The van der Waals surface area contributed by atoms with Crippen LogP contribution in [-0.4, -0.2) is 93.4 Å². The Bertz CT molecular complexity index is 3410. The zero-order chi connectivity index (χ0) is 45.3. The second-order valence-corrected chi connectivity index (χ2v) is 15.8. The molecule has 278 valence electrons. The molecular weight excluding hydrogens is 779 g/mol. The van der Waals surface area contributed by atoms with E-state index in [1.807, 2.05) is 127 Å². The fraction of sp³-hybridized carbons (Fsp3) is 0. The first-order valence-electron chi connectivity index (χ1n) is 20.5. The Balaban J connectivity index is 1.19. The molecule has 4 nitrogen and oxygen atoms in total. The molecule has 10 aromatic rings. The van der Waals surface area contributed by atoms with Gasteiger partial charge in [-0.3, -0.25) is 0 Å². The van der Waals surface area contributed by atoms with E-state index < -0.39 is 0 Å². The summed E-state index contributed by atoms with van der Waals surface area (Å²) in [5, 5.41) is 1.66. The Labute approximate surface area is 390 Å². The molecule has 0 bridgehead atoms. The van der Waals surface area contributed by atoms with E-state index in [4.69, 9.17) is 97.8 Å². The molecule has 2 heterocycles. The van der Waals surface area contributed by atoms with Crippen molar-refractivity contribution in [3.8, 4) is 78.7 Å². The van der Waals surface area contributed by atoms with Gasteiger partial charge in [-0.2, -0.15) is 0 Å². The van der Waals surface area contributed by atoms with Gasteiger partial charge in [0.15, 0.2) is 17.5 Å². The molecular formula is C51H23B10N3O. The van der Waals surface area contributed by atoms with Crippen LogP contribution in [0.15, 0.2) is 144 Å². The van der Waals surface area contributed by atoms with Crippen LogP contribution in [-0.2, 0) is 0 Å². The number of fused-ring (bicyclic) bond motifs is 3. The van der Waals surface area contributed by atoms with Crippen LogP contribution >= 0.6 is 0 Å². The molecule has 65 heavy (non-hydrogen) atoms. The minimum atomic E-state index is 0.148. The molecule has 10 rings (SSSR count). The average molecular weight is 802 g/mol. The maximum atomic E-state index is 6.83. The van der Waals surface area contributed by atoms with E-state index in [0.29, 0.717) is 45.3 Å². The van der Waals surface area contributed by atoms with Gasteiger partial charge in [-0.1, -0.05) is 143 Å². The predicted molar refractivity (Wildman–Crippen MR) is 279 cm³/mol. The van der Waals surface area contributed by atoms with Crippen molar-refractivity contribution >= 4 is 155 Å². The summed E-state index contributed by atoms with van der Waals surface area (Å²) in [5.41, 5.74) is 11.6. The lowest BCUT2D eigenvalue weighted by molar-refractivity contribution is 0.670. The summed E-state index contributed by atoms with van der Waals surface area (Å²) in [7, 11) is 63.0. The summed E-state index contributed by atoms with van der Waals surface area (Å²) < 4.78 is 6.83. The van der Waals surface area contributed by atoms with Crippen molar-refractivity contribution in [2.24, 2.45) is 0 Å². The van der Waals surface area contributed by atoms with Crippen molar-refractivity contribution in [2.45, 2.75) is 0 Å². The van der Waals surface area contributed by atoms with Crippen LogP contribution in [0.2, 0.25) is 0 Å². The molecule has 0 aliphatic carbocycles. The lowest BCUT2D eigenvalue weighted by Crippen LogP contribution is -2.55. The fourth-order valence-corrected chi connectivity index (χ4v) is 8.39. The lowest BCUT2D eigenvalue weighted by Gasteiger charge is -2.21. The SMILES string of the molecule is [B]c1c([B])c([B])c(-c2ccc(-c3cc(-c4ccc(-c5c([B])c([B])c([B])c([B])c5[B])cc4)c4oc5cccc(-c6nc(-c7ccccc7)nc(-c7ccccc7)n6)c5c4c3)cc2)c([B])c1[B]. The van der Waals surface area contributed by atoms with Crippen molar-refractivity contribution in [2.75, 3.05) is 0 Å². The number of aromatic nitrogens is 3. The van der Waals surface area contributed by atoms with E-state index in [1.165, 1.54) is 0 Å². The molecule has 8 aromatic carbocycles. The van der Waals surface area contributed by atoms with Crippen LogP contribution < -0.4 is 54.6 Å². The molecule has 0 N–H and O–H groups in total. The van der Waals surface area contributed by atoms with E-state index in [-0.39, 0.29) is 54.6 Å². The lowest BCUT2D eigenvalue weighted by atomic mass is 9.59. The van der Waals surface area contributed by atoms with Gasteiger partial charge in [-0.15, -0.1) is 32.8 Å². The van der Waals surface area contributed by atoms with Crippen LogP contribution in [0.4, 0.5) is 0 Å². The molecule has 0 atom stereocenters. The van der Waals surface area contributed by atoms with Crippen molar-refractivity contribution in [1.29, 1.82) is 0 Å². The van der Waals surface area contributed by atoms with E-state index in [0.717, 1.165) is 55.3 Å². The summed E-state index contributed by atoms with van der Waals surface area (Å²) in [6, 6.07) is 45.3. The van der Waals surface area contributed by atoms with Crippen LogP contribution in [0.25, 0.3) is 101 Å². The molecule has 0 saturated heterocycles. The maximum absolute atomic E-state index is 6.83. The number of hydrogen-bond donors (Lipinski definition) is 0. The highest BCUT2D eigenvalue weighted by Gasteiger charge is 2.22. The normalized spacial score (nSPS) is 11.4. The number of benzene rings is 8. The Morgan fingerprint density at radius 1 is 0.308 bits per heavy atom. The fourth-order valence-electron chi connectivity index (χ4n) is 8.39. The standard InChI is InChI=1S/C51H23B10N3O/c52-38-35(39(53)43(57)46(60)42(38)56)26-18-14-24(15-19-26)30-22-32(25-16-20-27(21-17-25)36-40(54)44(58)47(61)45(59)41(36)55)48-33(23-30)37-31(12-7-13-34(37)65-48)51-63-49(28-8-3-1-4-9-28)62-50(64-51)29-10-5-2-6-11-29/h1-23H. The number of rotatable bonds is 7. The van der Waals surface area contributed by atoms with Crippen LogP contribution in [0.5, 0.6) is 0 Å². The minimum absolute atomic E-state index is 0.148. The van der Waals surface area contributed by atoms with E-state index in [2.05, 4.69) is 12.1 Å². The second-order valence-electron chi connectivity index (χ2n) is 15.8. The predicted octanol–water partition coefficient (Wildman–Crippen LogP) is 1.38. The van der Waals surface area contributed by atoms with Crippen molar-refractivity contribution in [1.82, 2.24) is 15.0 Å². The van der Waals surface area contributed by atoms with E-state index in [9.17, 15) is 0 Å². The van der Waals surface area contributed by atoms with Gasteiger partial charge < -0.3 is 4.42 Å². The van der Waals surface area contributed by atoms with Gasteiger partial charge in [-0.25, -0.2) is 15.0 Å². The molecule has 0 saturated carbocycles. The molecule has 14 heteroatoms. The van der Waals surface area contributed by atoms with Crippen LogP contribution in [0.1, 0.15) is 0 Å². The van der Waals surface area contributed by atoms with Crippen molar-refractivity contribution < 1.29 is 4.42 Å². The summed E-state index contributed by atoms with van der Waals surface area (Å²) in [6.07, 6.45) is 0. The topological polar surface area (TPSA) is 51.8 Å². The third kappa shape index (κ3) is 7.24. The third-order valence-electron chi connectivity index (χ3n) is 11.9. The highest BCUT2D eigenvalue weighted by Crippen LogP contribution is 2.43. The van der Waals surface area contributed by atoms with Crippen LogP contribution in [0.3, 0.4) is 0 Å². The van der Waals surface area contributed by atoms with Gasteiger partial charge in [0.1, 0.15) is 89.6 Å². The zero-order valence-corrected chi connectivity index (χ0v) is 34.8. The van der Waals surface area contributed by atoms with E-state index in [1.54, 1.807) is 0 Å². The number of hydrogen-bond acceptors (Lipinski definition) is 4. The molecule has 0 amide bonds. The summed E-state index contributed by atoms with van der Waals surface area (Å²) in [5.74, 6) is 1.57. The Morgan fingerprint density at radius 2 is 0.723 bits per heavy atom. The minimum Gasteiger partial charge on any atom is -0.455 e. The smallest absolute Gasteiger partial charge is 0.164 e. The van der Waals surface area contributed by atoms with Gasteiger partial charge in [-0.05, 0) is 57.1 Å². The number of nitrogens with zero attached hydrogens (tertiary/aromatic N) is 3. The van der Waals surface area contributed by atoms with E-state index >= 15 is 0 Å². The maximum Gasteiger partial charge on any atom is 0.164 e. The van der Waals surface area contributed by atoms with Crippen molar-refractivity contribution in [3.05, 3.63) is 140 Å². The average Bonchev–Trinajstić information content (AvgIpc) is 3.73. The highest BCUT2D eigenvalue weighted by atomic mass is 16.3. The van der Waals surface area contributed by atoms with Gasteiger partial charge in [0.2, 0.25) is 0 Å². The first kappa shape index (κ1) is 42.2. The molecule has 0 spiro atoms. The zero-order valence-electron chi connectivity index (χ0n) is 34.8. The Morgan fingerprint density at radius 3 is 1.20 bits per heavy atom. The summed E-state index contributed by atoms with van der Waals surface area (Å²) >= 11 is 0. The molecule has 0 aliphatic heterocycles. The van der Waals surface area contributed by atoms with Gasteiger partial charge in [0.05, 0.1) is 0 Å². The number of furan rings is 1. The van der Waals surface area contributed by atoms with Gasteiger partial charge in [0, 0.05) is 33.0 Å². The van der Waals surface area contributed by atoms with Crippen molar-refractivity contribution in [3.63, 3.8) is 0 Å². The first-order valence-corrected chi connectivity index (χ1v) is 20.5.